The summed E-state index contributed by atoms with van der Waals surface area (Å²) < 4.78 is 41.9. The lowest BCUT2D eigenvalue weighted by Gasteiger charge is -2.29. The van der Waals surface area contributed by atoms with E-state index < -0.39 is 30.0 Å². The number of cyclic esters (lactones) is 1. The van der Waals surface area contributed by atoms with Gasteiger partial charge in [-0.15, -0.1) is 0 Å². The number of alkyl halides is 2. The lowest BCUT2D eigenvalue weighted by atomic mass is 9.89. The molecule has 10 heteroatoms. The second kappa shape index (κ2) is 9.02. The third kappa shape index (κ3) is 4.21. The smallest absolute Gasteiger partial charge is 0.414 e. The first-order valence-corrected chi connectivity index (χ1v) is 11.7. The van der Waals surface area contributed by atoms with Crippen molar-refractivity contribution in [2.24, 2.45) is 11.7 Å². The van der Waals surface area contributed by atoms with Crippen LogP contribution in [0.2, 0.25) is 0 Å². The fourth-order valence-corrected chi connectivity index (χ4v) is 4.92. The van der Waals surface area contributed by atoms with Crippen LogP contribution in [0, 0.1) is 5.92 Å². The Morgan fingerprint density at radius 1 is 1.17 bits per heavy atom. The van der Waals surface area contributed by atoms with Crippen LogP contribution < -0.4 is 16.2 Å². The third-order valence-electron chi connectivity index (χ3n) is 6.57. The Balaban J connectivity index is 1.56. The summed E-state index contributed by atoms with van der Waals surface area (Å²) in [5, 5.41) is 0.932. The molecule has 36 heavy (non-hydrogen) atoms. The molecule has 8 nitrogen and oxygen atoms in total. The number of amides is 1. The predicted molar refractivity (Wildman–Crippen MR) is 129 cm³/mol. The van der Waals surface area contributed by atoms with E-state index >= 15 is 8.78 Å². The standard InChI is InChI=1S/C26H25F2N3O5/c1-15-10-26(27,28)21-5-3-2-4-19(21)22-8-16-6-7-17(9-20(16)24(33)31(22)12-15)30-13-18(36-25(30)34)14-35-23(32)11-29/h2-9,15,18H,10-14,29H2,1H3/t15-,18-/m1/s1. The zero-order valence-electron chi connectivity index (χ0n) is 19.6. The molecule has 2 aliphatic rings. The first-order valence-electron chi connectivity index (χ1n) is 11.7. The SMILES string of the molecule is C[C@H]1Cn2c(cc3ccc(N4C[C@H](COC(=O)CN)OC4=O)cc3c2=O)-c2ccccc2C(F)(F)C1. The average molecular weight is 497 g/mol. The van der Waals surface area contributed by atoms with E-state index in [0.29, 0.717) is 27.7 Å². The molecule has 3 heterocycles. The van der Waals surface area contributed by atoms with Crippen LogP contribution in [-0.4, -0.2) is 42.4 Å². The van der Waals surface area contributed by atoms with Crippen molar-refractivity contribution in [2.75, 3.05) is 24.6 Å². The van der Waals surface area contributed by atoms with Gasteiger partial charge in [0.2, 0.25) is 0 Å². The molecule has 2 atom stereocenters. The predicted octanol–water partition coefficient (Wildman–Crippen LogP) is 3.63. The molecule has 0 saturated carbocycles. The van der Waals surface area contributed by atoms with Crippen molar-refractivity contribution < 1.29 is 27.8 Å². The first-order chi connectivity index (χ1) is 17.2. The third-order valence-corrected chi connectivity index (χ3v) is 6.57. The molecule has 1 fully saturated rings. The summed E-state index contributed by atoms with van der Waals surface area (Å²) >= 11 is 0. The molecular formula is C26H25F2N3O5. The van der Waals surface area contributed by atoms with Gasteiger partial charge < -0.3 is 19.8 Å². The van der Waals surface area contributed by atoms with Crippen LogP contribution in [0.3, 0.4) is 0 Å². The number of carbonyl (C=O) groups is 2. The first kappa shape index (κ1) is 23.9. The molecule has 1 saturated heterocycles. The van der Waals surface area contributed by atoms with Crippen molar-refractivity contribution in [3.8, 4) is 11.3 Å². The van der Waals surface area contributed by atoms with Crippen LogP contribution >= 0.6 is 0 Å². The van der Waals surface area contributed by atoms with Gasteiger partial charge in [0.15, 0.2) is 6.10 Å². The van der Waals surface area contributed by atoms with Crippen molar-refractivity contribution in [2.45, 2.75) is 31.9 Å². The van der Waals surface area contributed by atoms with E-state index in [0.717, 1.165) is 0 Å². The molecular weight excluding hydrogens is 472 g/mol. The van der Waals surface area contributed by atoms with Gasteiger partial charge >= 0.3 is 12.1 Å². The lowest BCUT2D eigenvalue weighted by Crippen LogP contribution is -2.31. The van der Waals surface area contributed by atoms with Crippen molar-refractivity contribution in [3.05, 3.63) is 64.4 Å². The highest BCUT2D eigenvalue weighted by Gasteiger charge is 2.38. The van der Waals surface area contributed by atoms with Gasteiger partial charge in [-0.2, -0.15) is 0 Å². The molecule has 0 aliphatic carbocycles. The monoisotopic (exact) mass is 497 g/mol. The molecule has 0 spiro atoms. The molecule has 188 valence electrons. The van der Waals surface area contributed by atoms with Crippen molar-refractivity contribution >= 4 is 28.5 Å². The van der Waals surface area contributed by atoms with Gasteiger partial charge in [-0.25, -0.2) is 13.6 Å². The van der Waals surface area contributed by atoms with Gasteiger partial charge in [-0.1, -0.05) is 37.3 Å². The summed E-state index contributed by atoms with van der Waals surface area (Å²) in [4.78, 5) is 38.8. The fraction of sp³-hybridized carbons (Fsp3) is 0.346. The van der Waals surface area contributed by atoms with E-state index in [1.54, 1.807) is 54.0 Å². The Hall–Kier alpha value is -3.79. The number of ether oxygens (including phenoxy) is 2. The van der Waals surface area contributed by atoms with E-state index in [-0.39, 0.29) is 43.8 Å². The Kier molecular flexibility index (Phi) is 5.99. The minimum absolute atomic E-state index is 0.0955. The second-order valence-corrected chi connectivity index (χ2v) is 9.28. The number of pyridine rings is 1. The Labute approximate surface area is 205 Å². The maximum atomic E-state index is 15.0. The number of nitrogens with two attached hydrogens (primary N) is 1. The fourth-order valence-electron chi connectivity index (χ4n) is 4.92. The number of aromatic nitrogens is 1. The Morgan fingerprint density at radius 2 is 1.94 bits per heavy atom. The number of nitrogens with zero attached hydrogens (tertiary/aromatic N) is 2. The highest BCUT2D eigenvalue weighted by molar-refractivity contribution is 5.95. The van der Waals surface area contributed by atoms with E-state index in [9.17, 15) is 14.4 Å². The highest BCUT2D eigenvalue weighted by atomic mass is 19.3. The number of carbonyl (C=O) groups excluding carboxylic acids is 2. The quantitative estimate of drug-likeness (QED) is 0.552. The minimum atomic E-state index is -3.01. The molecule has 0 radical (unpaired) electrons. The molecule has 5 rings (SSSR count). The lowest BCUT2D eigenvalue weighted by molar-refractivity contribution is -0.144. The van der Waals surface area contributed by atoms with Crippen LogP contribution in [0.1, 0.15) is 18.9 Å². The number of esters is 1. The number of rotatable bonds is 4. The topological polar surface area (TPSA) is 104 Å². The summed E-state index contributed by atoms with van der Waals surface area (Å²) in [5.41, 5.74) is 6.02. The van der Waals surface area contributed by atoms with E-state index in [1.165, 1.54) is 11.0 Å². The highest BCUT2D eigenvalue weighted by Crippen LogP contribution is 2.42. The second-order valence-electron chi connectivity index (χ2n) is 9.28. The van der Waals surface area contributed by atoms with Crippen LogP contribution in [-0.2, 0) is 26.7 Å². The van der Waals surface area contributed by atoms with Gasteiger partial charge in [0.05, 0.1) is 18.8 Å². The molecule has 0 bridgehead atoms. The average Bonchev–Trinajstić information content (AvgIpc) is 3.23. The number of benzene rings is 2. The Morgan fingerprint density at radius 3 is 2.72 bits per heavy atom. The zero-order valence-corrected chi connectivity index (χ0v) is 19.6. The van der Waals surface area contributed by atoms with E-state index in [2.05, 4.69) is 0 Å². The van der Waals surface area contributed by atoms with Gasteiger partial charge in [-0.05, 0) is 29.5 Å². The number of hydrogen-bond donors (Lipinski definition) is 1. The summed E-state index contributed by atoms with van der Waals surface area (Å²) in [5.74, 6) is -4.06. The molecule has 2 aliphatic heterocycles. The zero-order chi connectivity index (χ0) is 25.6. The molecule has 3 aromatic rings. The van der Waals surface area contributed by atoms with Crippen LogP contribution in [0.15, 0.2) is 53.3 Å². The number of hydrogen-bond acceptors (Lipinski definition) is 6. The van der Waals surface area contributed by atoms with Crippen molar-refractivity contribution in [3.63, 3.8) is 0 Å². The molecule has 0 unspecified atom stereocenters. The minimum Gasteiger partial charge on any atom is -0.461 e. The number of anilines is 1. The van der Waals surface area contributed by atoms with Crippen LogP contribution in [0.5, 0.6) is 0 Å². The van der Waals surface area contributed by atoms with Gasteiger partial charge in [0.25, 0.3) is 11.5 Å². The summed E-state index contributed by atoms with van der Waals surface area (Å²) in [6.07, 6.45) is -1.66. The number of fused-ring (bicyclic) bond motifs is 4. The Bertz CT molecular complexity index is 1420. The molecule has 1 aromatic heterocycles. The maximum Gasteiger partial charge on any atom is 0.414 e. The summed E-state index contributed by atoms with van der Waals surface area (Å²) in [6, 6.07) is 13.0. The maximum absolute atomic E-state index is 15.0. The summed E-state index contributed by atoms with van der Waals surface area (Å²) in [7, 11) is 0. The molecule has 1 amide bonds. The summed E-state index contributed by atoms with van der Waals surface area (Å²) in [6.45, 7) is 1.58. The van der Waals surface area contributed by atoms with E-state index in [4.69, 9.17) is 15.2 Å². The molecule has 2 aromatic carbocycles. The van der Waals surface area contributed by atoms with Crippen LogP contribution in [0.25, 0.3) is 22.0 Å². The van der Waals surface area contributed by atoms with Gasteiger partial charge in [0, 0.05) is 35.2 Å². The number of halogens is 2. The van der Waals surface area contributed by atoms with Crippen LogP contribution in [0.4, 0.5) is 19.3 Å². The largest absolute Gasteiger partial charge is 0.461 e. The van der Waals surface area contributed by atoms with Crippen molar-refractivity contribution in [1.29, 1.82) is 0 Å². The normalized spacial score (nSPS) is 20.8. The van der Waals surface area contributed by atoms with E-state index in [1.807, 2.05) is 0 Å². The molecule has 2 N–H and O–H groups in total. The van der Waals surface area contributed by atoms with Crippen molar-refractivity contribution in [1.82, 2.24) is 4.57 Å². The van der Waals surface area contributed by atoms with Gasteiger partial charge in [-0.3, -0.25) is 14.5 Å². The van der Waals surface area contributed by atoms with Gasteiger partial charge in [0.1, 0.15) is 6.61 Å².